The molecule has 0 aromatic heterocycles. The van der Waals surface area contributed by atoms with E-state index in [4.69, 9.17) is 9.88 Å². The third-order valence-corrected chi connectivity index (χ3v) is 4.93. The number of nitrogens with one attached hydrogen (secondary N) is 1. The van der Waals surface area contributed by atoms with Crippen LogP contribution in [0.1, 0.15) is 43.0 Å². The largest absolute Gasteiger partial charge is 0.496 e. The molecule has 7 heteroatoms. The number of carbonyl (C=O) groups excluding carboxylic acids is 1. The molecule has 0 radical (unpaired) electrons. The Hall–Kier alpha value is -1.60. The summed E-state index contributed by atoms with van der Waals surface area (Å²) in [6, 6.07) is 4.14. The van der Waals surface area contributed by atoms with E-state index in [-0.39, 0.29) is 22.4 Å². The van der Waals surface area contributed by atoms with Crippen molar-refractivity contribution >= 4 is 15.9 Å². The predicted molar refractivity (Wildman–Crippen MR) is 83.3 cm³/mol. The smallest absolute Gasteiger partial charge is 0.255 e. The first kappa shape index (κ1) is 16.8. The average molecular weight is 326 g/mol. The summed E-state index contributed by atoms with van der Waals surface area (Å²) >= 11 is 0. The van der Waals surface area contributed by atoms with Crippen molar-refractivity contribution in [3.8, 4) is 5.75 Å². The molecule has 1 aromatic carbocycles. The van der Waals surface area contributed by atoms with E-state index < -0.39 is 10.0 Å². The molecular formula is C15H22N2O4S. The Balaban J connectivity index is 2.23. The van der Waals surface area contributed by atoms with Crippen molar-refractivity contribution < 1.29 is 17.9 Å². The Kier molecular flexibility index (Phi) is 5.08. The molecule has 2 atom stereocenters. The minimum absolute atomic E-state index is 0.101. The first-order valence-electron chi connectivity index (χ1n) is 7.33. The molecule has 1 aromatic rings. The standard InChI is InChI=1S/C15H22N2O4S/c1-10-4-3-5-11(8-10)17-15(18)13-9-12(22(16,19)20)6-7-14(13)21-2/h6-7,9-11H,3-5,8H2,1-2H3,(H,17,18)(H2,16,19,20)/t10-,11+/m0/s1. The predicted octanol–water partition coefficient (Wildman–Crippen LogP) is 1.65. The van der Waals surface area contributed by atoms with Crippen molar-refractivity contribution in [1.29, 1.82) is 0 Å². The fourth-order valence-electron chi connectivity index (χ4n) is 2.87. The summed E-state index contributed by atoms with van der Waals surface area (Å²) in [5, 5.41) is 8.08. The summed E-state index contributed by atoms with van der Waals surface area (Å²) in [5.41, 5.74) is 0.187. The molecule has 0 saturated heterocycles. The van der Waals surface area contributed by atoms with E-state index in [1.54, 1.807) is 0 Å². The number of ether oxygens (including phenoxy) is 1. The highest BCUT2D eigenvalue weighted by Gasteiger charge is 2.23. The van der Waals surface area contributed by atoms with Crippen molar-refractivity contribution in [2.24, 2.45) is 11.1 Å². The molecule has 22 heavy (non-hydrogen) atoms. The van der Waals surface area contributed by atoms with Gasteiger partial charge in [0.2, 0.25) is 10.0 Å². The number of primary sulfonamides is 1. The van der Waals surface area contributed by atoms with Crippen molar-refractivity contribution in [1.82, 2.24) is 5.32 Å². The van der Waals surface area contributed by atoms with E-state index in [9.17, 15) is 13.2 Å². The Bertz CT molecular complexity index is 658. The average Bonchev–Trinajstić information content (AvgIpc) is 2.45. The van der Waals surface area contributed by atoms with E-state index >= 15 is 0 Å². The van der Waals surface area contributed by atoms with E-state index in [2.05, 4.69) is 12.2 Å². The maximum Gasteiger partial charge on any atom is 0.255 e. The summed E-state index contributed by atoms with van der Waals surface area (Å²) in [4.78, 5) is 12.4. The monoisotopic (exact) mass is 326 g/mol. The number of rotatable bonds is 4. The van der Waals surface area contributed by atoms with Crippen molar-refractivity contribution in [2.75, 3.05) is 7.11 Å². The number of sulfonamides is 1. The third kappa shape index (κ3) is 3.98. The lowest BCUT2D eigenvalue weighted by atomic mass is 9.87. The van der Waals surface area contributed by atoms with Crippen LogP contribution in [0.3, 0.4) is 0 Å². The number of hydrogen-bond acceptors (Lipinski definition) is 4. The lowest BCUT2D eigenvalue weighted by molar-refractivity contribution is 0.0918. The minimum atomic E-state index is -3.86. The zero-order chi connectivity index (χ0) is 16.3. The van der Waals surface area contributed by atoms with Gasteiger partial charge in [0.25, 0.3) is 5.91 Å². The SMILES string of the molecule is COc1ccc(S(N)(=O)=O)cc1C(=O)N[C@@H]1CCC[C@H](C)C1. The van der Waals surface area contributed by atoms with Crippen molar-refractivity contribution in [3.05, 3.63) is 23.8 Å². The van der Waals surface area contributed by atoms with Crippen molar-refractivity contribution in [2.45, 2.75) is 43.5 Å². The van der Waals surface area contributed by atoms with Crippen LogP contribution in [0.25, 0.3) is 0 Å². The van der Waals surface area contributed by atoms with E-state index in [1.807, 2.05) is 0 Å². The topological polar surface area (TPSA) is 98.5 Å². The second kappa shape index (κ2) is 6.66. The summed E-state index contributed by atoms with van der Waals surface area (Å²) in [6.07, 6.45) is 4.13. The summed E-state index contributed by atoms with van der Waals surface area (Å²) in [5.74, 6) is 0.576. The molecule has 0 bridgehead atoms. The highest BCUT2D eigenvalue weighted by atomic mass is 32.2. The van der Waals surface area contributed by atoms with Crippen LogP contribution in [0.2, 0.25) is 0 Å². The number of nitrogens with two attached hydrogens (primary N) is 1. The second-order valence-electron chi connectivity index (χ2n) is 5.85. The van der Waals surface area contributed by atoms with Gasteiger partial charge in [-0.3, -0.25) is 4.79 Å². The summed E-state index contributed by atoms with van der Waals surface area (Å²) in [7, 11) is -2.43. The third-order valence-electron chi connectivity index (χ3n) is 4.02. The second-order valence-corrected chi connectivity index (χ2v) is 7.41. The molecule has 0 aliphatic heterocycles. The maximum atomic E-state index is 12.5. The maximum absolute atomic E-state index is 12.5. The molecule has 0 heterocycles. The molecule has 3 N–H and O–H groups in total. The zero-order valence-electron chi connectivity index (χ0n) is 12.8. The van der Waals surface area contributed by atoms with Crippen LogP contribution in [-0.4, -0.2) is 27.5 Å². The van der Waals surface area contributed by atoms with Crippen LogP contribution in [0.15, 0.2) is 23.1 Å². The van der Waals surface area contributed by atoms with Gasteiger partial charge in [-0.25, -0.2) is 13.6 Å². The van der Waals surface area contributed by atoms with Gasteiger partial charge in [-0.15, -0.1) is 0 Å². The number of carbonyl (C=O) groups is 1. The van der Waals surface area contributed by atoms with E-state index in [0.717, 1.165) is 19.3 Å². The van der Waals surface area contributed by atoms with Gasteiger partial charge >= 0.3 is 0 Å². The number of methoxy groups -OCH3 is 1. The van der Waals surface area contributed by atoms with Crippen LogP contribution in [-0.2, 0) is 10.0 Å². The van der Waals surface area contributed by atoms with Gasteiger partial charge in [-0.05, 0) is 37.0 Å². The summed E-state index contributed by atoms with van der Waals surface area (Å²) in [6.45, 7) is 2.17. The molecule has 1 aliphatic rings. The Morgan fingerprint density at radius 1 is 1.36 bits per heavy atom. The van der Waals surface area contributed by atoms with Crippen LogP contribution in [0.4, 0.5) is 0 Å². The first-order chi connectivity index (χ1) is 10.3. The molecule has 1 aliphatic carbocycles. The quantitative estimate of drug-likeness (QED) is 0.879. The highest BCUT2D eigenvalue weighted by molar-refractivity contribution is 7.89. The number of amides is 1. The Labute approximate surface area is 131 Å². The summed E-state index contributed by atoms with van der Waals surface area (Å²) < 4.78 is 28.0. The fraction of sp³-hybridized carbons (Fsp3) is 0.533. The van der Waals surface area contributed by atoms with Gasteiger partial charge in [0.1, 0.15) is 5.75 Å². The fourth-order valence-corrected chi connectivity index (χ4v) is 3.41. The molecule has 1 amide bonds. The van der Waals surface area contributed by atoms with Gasteiger partial charge in [-0.1, -0.05) is 19.8 Å². The number of hydrogen-bond donors (Lipinski definition) is 2. The molecule has 6 nitrogen and oxygen atoms in total. The van der Waals surface area contributed by atoms with E-state index in [1.165, 1.54) is 31.7 Å². The van der Waals surface area contributed by atoms with Crippen molar-refractivity contribution in [3.63, 3.8) is 0 Å². The molecule has 122 valence electrons. The molecule has 1 fully saturated rings. The van der Waals surface area contributed by atoms with Gasteiger partial charge in [0, 0.05) is 6.04 Å². The zero-order valence-corrected chi connectivity index (χ0v) is 13.7. The van der Waals surface area contributed by atoms with Crippen LogP contribution in [0.5, 0.6) is 5.75 Å². The van der Waals surface area contributed by atoms with Crippen LogP contribution in [0, 0.1) is 5.92 Å². The molecular weight excluding hydrogens is 304 g/mol. The molecule has 0 unspecified atom stereocenters. The lowest BCUT2D eigenvalue weighted by Gasteiger charge is -2.27. The Morgan fingerprint density at radius 3 is 2.68 bits per heavy atom. The van der Waals surface area contributed by atoms with Gasteiger partial charge < -0.3 is 10.1 Å². The Morgan fingerprint density at radius 2 is 2.09 bits per heavy atom. The number of benzene rings is 1. The van der Waals surface area contributed by atoms with Gasteiger partial charge in [0.05, 0.1) is 17.6 Å². The van der Waals surface area contributed by atoms with Gasteiger partial charge in [-0.2, -0.15) is 0 Å². The first-order valence-corrected chi connectivity index (χ1v) is 8.87. The lowest BCUT2D eigenvalue weighted by Crippen LogP contribution is -2.38. The van der Waals surface area contributed by atoms with Crippen LogP contribution < -0.4 is 15.2 Å². The molecule has 2 rings (SSSR count). The minimum Gasteiger partial charge on any atom is -0.496 e. The normalized spacial score (nSPS) is 22.1. The highest BCUT2D eigenvalue weighted by Crippen LogP contribution is 2.26. The van der Waals surface area contributed by atoms with Crippen LogP contribution >= 0.6 is 0 Å². The molecule has 0 spiro atoms. The van der Waals surface area contributed by atoms with Gasteiger partial charge in [0.15, 0.2) is 0 Å². The van der Waals surface area contributed by atoms with E-state index in [0.29, 0.717) is 11.7 Å². The molecule has 1 saturated carbocycles.